The Kier molecular flexibility index (Phi) is 6.29. The van der Waals surface area contributed by atoms with Crippen LogP contribution in [-0.4, -0.2) is 35.9 Å². The van der Waals surface area contributed by atoms with Crippen LogP contribution in [0.25, 0.3) is 0 Å². The first-order chi connectivity index (χ1) is 13.8. The Morgan fingerprint density at radius 2 is 1.79 bits per heavy atom. The van der Waals surface area contributed by atoms with Gasteiger partial charge < -0.3 is 0 Å². The van der Waals surface area contributed by atoms with Crippen molar-refractivity contribution in [1.29, 1.82) is 0 Å². The van der Waals surface area contributed by atoms with Crippen LogP contribution in [0.2, 0.25) is 0 Å². The maximum atomic E-state index is 13.4. The molecule has 1 N–H and O–H groups in total. The van der Waals surface area contributed by atoms with E-state index in [0.29, 0.717) is 0 Å². The van der Waals surface area contributed by atoms with Gasteiger partial charge in [-0.1, -0.05) is 36.8 Å². The second-order valence-corrected chi connectivity index (χ2v) is 8.99. The molecule has 0 unspecified atom stereocenters. The fourth-order valence-corrected chi connectivity index (χ4v) is 5.68. The lowest BCUT2D eigenvalue weighted by atomic mass is 10.0. The van der Waals surface area contributed by atoms with E-state index < -0.39 is 14.9 Å². The lowest BCUT2D eigenvalue weighted by Gasteiger charge is -2.37. The number of hydrogen-bond acceptors (Lipinski definition) is 6. The first-order valence-electron chi connectivity index (χ1n) is 9.47. The molecule has 2 aromatic carbocycles. The number of sulfonamides is 1. The summed E-state index contributed by atoms with van der Waals surface area (Å²) in [6.07, 6.45) is 4.03. The molecule has 1 fully saturated rings. The van der Waals surface area contributed by atoms with Crippen molar-refractivity contribution in [3.63, 3.8) is 0 Å². The Morgan fingerprint density at radius 1 is 1.14 bits per heavy atom. The number of benzene rings is 2. The molecule has 0 bridgehead atoms. The van der Waals surface area contributed by atoms with Crippen LogP contribution in [0.1, 0.15) is 38.7 Å². The maximum Gasteiger partial charge on any atom is 0.270 e. The number of nitro benzene ring substituents is 1. The predicted octanol–water partition coefficient (Wildman–Crippen LogP) is 3.99. The molecular formula is C20H24N4O4S. The van der Waals surface area contributed by atoms with Gasteiger partial charge >= 0.3 is 0 Å². The minimum atomic E-state index is -3.95. The summed E-state index contributed by atoms with van der Waals surface area (Å²) in [5, 5.41) is 15.4. The van der Waals surface area contributed by atoms with Crippen molar-refractivity contribution in [2.75, 3.05) is 5.43 Å². The van der Waals surface area contributed by atoms with Gasteiger partial charge in [0, 0.05) is 24.2 Å². The van der Waals surface area contributed by atoms with Gasteiger partial charge in [-0.05, 0) is 38.3 Å². The summed E-state index contributed by atoms with van der Waals surface area (Å²) < 4.78 is 28.4. The minimum absolute atomic E-state index is 0.141. The number of nitrogens with zero attached hydrogens (tertiary/aromatic N) is 3. The molecule has 2 aromatic rings. The van der Waals surface area contributed by atoms with Crippen LogP contribution in [-0.2, 0) is 10.0 Å². The second kappa shape index (κ2) is 8.71. The first kappa shape index (κ1) is 20.9. The van der Waals surface area contributed by atoms with Crippen LogP contribution in [0.4, 0.5) is 11.4 Å². The largest absolute Gasteiger partial charge is 0.277 e. The number of nitro groups is 1. The van der Waals surface area contributed by atoms with Crippen molar-refractivity contribution in [2.24, 2.45) is 5.10 Å². The molecule has 0 aromatic heterocycles. The molecule has 0 aliphatic carbocycles. The quantitative estimate of drug-likeness (QED) is 0.435. The summed E-state index contributed by atoms with van der Waals surface area (Å²) in [5.74, 6) is 0. The molecule has 154 valence electrons. The summed E-state index contributed by atoms with van der Waals surface area (Å²) in [4.78, 5) is 10.5. The van der Waals surface area contributed by atoms with Crippen molar-refractivity contribution >= 4 is 27.6 Å². The van der Waals surface area contributed by atoms with Crippen LogP contribution in [0.15, 0.2) is 58.5 Å². The zero-order chi connectivity index (χ0) is 21.0. The summed E-state index contributed by atoms with van der Waals surface area (Å²) in [6.45, 7) is 3.73. The Bertz CT molecular complexity index is 998. The van der Waals surface area contributed by atoms with Crippen molar-refractivity contribution in [3.8, 4) is 0 Å². The standard InChI is InChI=1S/C20H24N4O4S/c1-15-7-6-8-16(2)23(15)29(27,28)20-13-18(24(25)26)11-12-19(20)22-21-14-17-9-4-3-5-10-17/h3-5,9-16,22H,6-8H2,1-2H3/b21-14-/t15-,16+. The van der Waals surface area contributed by atoms with Crippen LogP contribution >= 0.6 is 0 Å². The van der Waals surface area contributed by atoms with E-state index in [0.717, 1.165) is 30.9 Å². The van der Waals surface area contributed by atoms with Crippen molar-refractivity contribution in [3.05, 3.63) is 64.2 Å². The third-order valence-electron chi connectivity index (χ3n) is 5.04. The van der Waals surface area contributed by atoms with E-state index in [-0.39, 0.29) is 28.4 Å². The highest BCUT2D eigenvalue weighted by Crippen LogP contribution is 2.34. The molecule has 0 spiro atoms. The van der Waals surface area contributed by atoms with Crippen LogP contribution < -0.4 is 5.43 Å². The Hall–Kier alpha value is -2.78. The minimum Gasteiger partial charge on any atom is -0.277 e. The van der Waals surface area contributed by atoms with Crippen LogP contribution in [0.5, 0.6) is 0 Å². The number of nitrogens with one attached hydrogen (secondary N) is 1. The normalized spacial score (nSPS) is 20.6. The van der Waals surface area contributed by atoms with Crippen LogP contribution in [0, 0.1) is 10.1 Å². The molecule has 8 nitrogen and oxygen atoms in total. The number of hydrazone groups is 1. The van der Waals surface area contributed by atoms with E-state index in [1.54, 1.807) is 6.21 Å². The number of hydrogen-bond donors (Lipinski definition) is 1. The first-order valence-corrected chi connectivity index (χ1v) is 10.9. The second-order valence-electron chi connectivity index (χ2n) is 7.18. The highest BCUT2D eigenvalue weighted by atomic mass is 32.2. The third kappa shape index (κ3) is 4.63. The van der Waals surface area contributed by atoms with Gasteiger partial charge in [0.25, 0.3) is 5.69 Å². The van der Waals surface area contributed by atoms with Gasteiger partial charge in [0.1, 0.15) is 4.90 Å². The van der Waals surface area contributed by atoms with E-state index in [9.17, 15) is 18.5 Å². The van der Waals surface area contributed by atoms with Crippen molar-refractivity contribution < 1.29 is 13.3 Å². The SMILES string of the molecule is C[C@@H]1CCC[C@H](C)N1S(=O)(=O)c1cc([N+](=O)[O-])ccc1N/N=C\c1ccccc1. The van der Waals surface area contributed by atoms with E-state index in [4.69, 9.17) is 0 Å². The third-order valence-corrected chi connectivity index (χ3v) is 7.21. The van der Waals surface area contributed by atoms with E-state index in [1.807, 2.05) is 44.2 Å². The lowest BCUT2D eigenvalue weighted by molar-refractivity contribution is -0.385. The lowest BCUT2D eigenvalue weighted by Crippen LogP contribution is -2.47. The van der Waals surface area contributed by atoms with Gasteiger partial charge in [-0.2, -0.15) is 9.41 Å². The van der Waals surface area contributed by atoms with Gasteiger partial charge in [-0.25, -0.2) is 8.42 Å². The van der Waals surface area contributed by atoms with Gasteiger partial charge in [0.15, 0.2) is 0 Å². The molecule has 1 aliphatic rings. The Morgan fingerprint density at radius 3 is 2.41 bits per heavy atom. The number of anilines is 1. The Labute approximate surface area is 170 Å². The molecule has 0 saturated carbocycles. The molecule has 1 heterocycles. The smallest absolute Gasteiger partial charge is 0.270 e. The van der Waals surface area contributed by atoms with Gasteiger partial charge in [-0.15, -0.1) is 0 Å². The van der Waals surface area contributed by atoms with Crippen LogP contribution in [0.3, 0.4) is 0 Å². The van der Waals surface area contributed by atoms with Crippen molar-refractivity contribution in [2.45, 2.75) is 50.1 Å². The summed E-state index contributed by atoms with van der Waals surface area (Å²) >= 11 is 0. The molecule has 1 saturated heterocycles. The zero-order valence-corrected chi connectivity index (χ0v) is 17.2. The molecule has 9 heteroatoms. The summed E-state index contributed by atoms with van der Waals surface area (Å²) in [7, 11) is -3.95. The Balaban J connectivity index is 1.99. The van der Waals surface area contributed by atoms with E-state index >= 15 is 0 Å². The van der Waals surface area contributed by atoms with Gasteiger partial charge in [-0.3, -0.25) is 15.5 Å². The maximum absolute atomic E-state index is 13.4. The van der Waals surface area contributed by atoms with Gasteiger partial charge in [0.2, 0.25) is 10.0 Å². The van der Waals surface area contributed by atoms with E-state index in [1.165, 1.54) is 16.4 Å². The molecular weight excluding hydrogens is 392 g/mol. The predicted molar refractivity (Wildman–Crippen MR) is 113 cm³/mol. The molecule has 29 heavy (non-hydrogen) atoms. The molecule has 1 aliphatic heterocycles. The van der Waals surface area contributed by atoms with E-state index in [2.05, 4.69) is 10.5 Å². The number of rotatable bonds is 6. The topological polar surface area (TPSA) is 105 Å². The number of non-ortho nitro benzene ring substituents is 1. The summed E-state index contributed by atoms with van der Waals surface area (Å²) in [6, 6.07) is 12.7. The molecule has 0 radical (unpaired) electrons. The van der Waals surface area contributed by atoms with Crippen molar-refractivity contribution in [1.82, 2.24) is 4.31 Å². The summed E-state index contributed by atoms with van der Waals surface area (Å²) in [5.41, 5.74) is 3.50. The monoisotopic (exact) mass is 416 g/mol. The average molecular weight is 417 g/mol. The molecule has 2 atom stereocenters. The highest BCUT2D eigenvalue weighted by Gasteiger charge is 2.37. The zero-order valence-electron chi connectivity index (χ0n) is 16.4. The average Bonchev–Trinajstić information content (AvgIpc) is 2.68. The highest BCUT2D eigenvalue weighted by molar-refractivity contribution is 7.89. The molecule has 3 rings (SSSR count). The van der Waals surface area contributed by atoms with Gasteiger partial charge in [0.05, 0.1) is 16.8 Å². The fraction of sp³-hybridized carbons (Fsp3) is 0.350. The number of piperidine rings is 1. The molecule has 0 amide bonds. The fourth-order valence-electron chi connectivity index (χ4n) is 3.63.